The van der Waals surface area contributed by atoms with Crippen LogP contribution in [0.3, 0.4) is 0 Å². The van der Waals surface area contributed by atoms with Gasteiger partial charge in [0.1, 0.15) is 22.9 Å². The minimum absolute atomic E-state index is 0.0117. The summed E-state index contributed by atoms with van der Waals surface area (Å²) in [7, 11) is 4.34. The molecule has 9 heteroatoms. The van der Waals surface area contributed by atoms with Crippen LogP contribution in [0.25, 0.3) is 0 Å². The number of benzene rings is 1. The van der Waals surface area contributed by atoms with Crippen molar-refractivity contribution in [2.75, 3.05) is 31.9 Å². The summed E-state index contributed by atoms with van der Waals surface area (Å²) in [5, 5.41) is 5.23. The SMILES string of the molecule is CNc1nc(Nc2cc(OC)cc(OC)c2)ncc1C(F)(F)F. The van der Waals surface area contributed by atoms with Gasteiger partial charge in [-0.25, -0.2) is 4.98 Å². The molecule has 1 aromatic carbocycles. The van der Waals surface area contributed by atoms with Gasteiger partial charge in [-0.1, -0.05) is 0 Å². The minimum Gasteiger partial charge on any atom is -0.497 e. The Hall–Kier alpha value is -2.71. The lowest BCUT2D eigenvalue weighted by Crippen LogP contribution is -2.12. The Labute approximate surface area is 130 Å². The van der Waals surface area contributed by atoms with Gasteiger partial charge in [0.2, 0.25) is 5.95 Å². The van der Waals surface area contributed by atoms with Crippen molar-refractivity contribution in [1.82, 2.24) is 9.97 Å². The second-order valence-electron chi connectivity index (χ2n) is 4.43. The van der Waals surface area contributed by atoms with Crippen LogP contribution in [0.1, 0.15) is 5.56 Å². The van der Waals surface area contributed by atoms with E-state index in [1.165, 1.54) is 21.3 Å². The van der Waals surface area contributed by atoms with Gasteiger partial charge in [-0.3, -0.25) is 0 Å². The average Bonchev–Trinajstić information content (AvgIpc) is 2.53. The highest BCUT2D eigenvalue weighted by molar-refractivity contribution is 5.61. The largest absolute Gasteiger partial charge is 0.497 e. The molecule has 0 fully saturated rings. The molecule has 1 aromatic heterocycles. The molecule has 1 heterocycles. The van der Waals surface area contributed by atoms with E-state index in [4.69, 9.17) is 9.47 Å². The molecule has 23 heavy (non-hydrogen) atoms. The molecular weight excluding hydrogens is 313 g/mol. The first-order chi connectivity index (χ1) is 10.9. The number of hydrogen-bond acceptors (Lipinski definition) is 6. The van der Waals surface area contributed by atoms with Crippen LogP contribution < -0.4 is 20.1 Å². The molecule has 0 aliphatic rings. The Morgan fingerprint density at radius 3 is 2.13 bits per heavy atom. The standard InChI is InChI=1S/C14H15F3N4O2/c1-18-12-11(14(15,16)17)7-19-13(21-12)20-8-4-9(22-2)6-10(5-8)23-3/h4-7H,1-3H3,(H2,18,19,20,21). The number of halogens is 3. The maximum absolute atomic E-state index is 12.8. The monoisotopic (exact) mass is 328 g/mol. The van der Waals surface area contributed by atoms with E-state index in [2.05, 4.69) is 20.6 Å². The Morgan fingerprint density at radius 1 is 1.04 bits per heavy atom. The van der Waals surface area contributed by atoms with E-state index >= 15 is 0 Å². The van der Waals surface area contributed by atoms with Gasteiger partial charge in [-0.15, -0.1) is 0 Å². The molecular formula is C14H15F3N4O2. The summed E-state index contributed by atoms with van der Waals surface area (Å²) in [4.78, 5) is 7.53. The Bertz CT molecular complexity index is 670. The fourth-order valence-corrected chi connectivity index (χ4v) is 1.85. The van der Waals surface area contributed by atoms with Crippen molar-refractivity contribution in [1.29, 1.82) is 0 Å². The lowest BCUT2D eigenvalue weighted by atomic mass is 10.2. The highest BCUT2D eigenvalue weighted by atomic mass is 19.4. The predicted molar refractivity (Wildman–Crippen MR) is 79.4 cm³/mol. The molecule has 2 rings (SSSR count). The lowest BCUT2D eigenvalue weighted by Gasteiger charge is -2.13. The van der Waals surface area contributed by atoms with Crippen molar-refractivity contribution in [2.24, 2.45) is 0 Å². The van der Waals surface area contributed by atoms with Crippen molar-refractivity contribution in [3.63, 3.8) is 0 Å². The molecule has 0 atom stereocenters. The summed E-state index contributed by atoms with van der Waals surface area (Å²) in [6, 6.07) is 4.95. The van der Waals surface area contributed by atoms with E-state index in [0.29, 0.717) is 17.2 Å². The van der Waals surface area contributed by atoms with Crippen LogP contribution in [0.5, 0.6) is 11.5 Å². The van der Waals surface area contributed by atoms with Gasteiger partial charge in [0.25, 0.3) is 0 Å². The first-order valence-electron chi connectivity index (χ1n) is 6.49. The number of alkyl halides is 3. The quantitative estimate of drug-likeness (QED) is 0.878. The molecule has 0 radical (unpaired) electrons. The van der Waals surface area contributed by atoms with Crippen LogP contribution in [0.4, 0.5) is 30.6 Å². The third-order valence-electron chi connectivity index (χ3n) is 2.94. The fourth-order valence-electron chi connectivity index (χ4n) is 1.85. The molecule has 0 unspecified atom stereocenters. The summed E-state index contributed by atoms with van der Waals surface area (Å²) in [6.07, 6.45) is -3.81. The second-order valence-corrected chi connectivity index (χ2v) is 4.43. The topological polar surface area (TPSA) is 68.3 Å². The zero-order chi connectivity index (χ0) is 17.0. The first-order valence-corrected chi connectivity index (χ1v) is 6.49. The number of nitrogens with zero attached hydrogens (tertiary/aromatic N) is 2. The Morgan fingerprint density at radius 2 is 1.65 bits per heavy atom. The normalized spacial score (nSPS) is 11.0. The summed E-state index contributed by atoms with van der Waals surface area (Å²) < 4.78 is 48.7. The van der Waals surface area contributed by atoms with Crippen LogP contribution in [0.15, 0.2) is 24.4 Å². The Balaban J connectivity index is 2.34. The van der Waals surface area contributed by atoms with E-state index < -0.39 is 11.7 Å². The van der Waals surface area contributed by atoms with Crippen molar-refractivity contribution in [3.05, 3.63) is 30.0 Å². The maximum Gasteiger partial charge on any atom is 0.421 e. The van der Waals surface area contributed by atoms with Crippen molar-refractivity contribution in [3.8, 4) is 11.5 Å². The number of nitrogens with one attached hydrogen (secondary N) is 2. The molecule has 0 spiro atoms. The van der Waals surface area contributed by atoms with Gasteiger partial charge < -0.3 is 20.1 Å². The van der Waals surface area contributed by atoms with E-state index in [9.17, 15) is 13.2 Å². The van der Waals surface area contributed by atoms with Crippen molar-refractivity contribution < 1.29 is 22.6 Å². The summed E-state index contributed by atoms with van der Waals surface area (Å²) in [5.41, 5.74) is -0.420. The van der Waals surface area contributed by atoms with Crippen LogP contribution in [-0.4, -0.2) is 31.2 Å². The van der Waals surface area contributed by atoms with Crippen LogP contribution in [0, 0.1) is 0 Å². The summed E-state index contributed by atoms with van der Waals surface area (Å²) in [5.74, 6) is 0.739. The highest BCUT2D eigenvalue weighted by Crippen LogP contribution is 2.34. The van der Waals surface area contributed by atoms with E-state index in [1.54, 1.807) is 18.2 Å². The number of hydrogen-bond donors (Lipinski definition) is 2. The molecule has 2 N–H and O–H groups in total. The smallest absolute Gasteiger partial charge is 0.421 e. The van der Waals surface area contributed by atoms with Crippen molar-refractivity contribution in [2.45, 2.75) is 6.18 Å². The molecule has 6 nitrogen and oxygen atoms in total. The van der Waals surface area contributed by atoms with E-state index in [-0.39, 0.29) is 11.8 Å². The van der Waals surface area contributed by atoms with Gasteiger partial charge >= 0.3 is 6.18 Å². The van der Waals surface area contributed by atoms with Gasteiger partial charge in [0.15, 0.2) is 0 Å². The highest BCUT2D eigenvalue weighted by Gasteiger charge is 2.35. The number of anilines is 3. The van der Waals surface area contributed by atoms with E-state index in [0.717, 1.165) is 6.20 Å². The molecule has 0 aliphatic heterocycles. The third kappa shape index (κ3) is 3.93. The molecule has 0 amide bonds. The third-order valence-corrected chi connectivity index (χ3v) is 2.94. The van der Waals surface area contributed by atoms with Gasteiger partial charge in [-0.05, 0) is 0 Å². The molecule has 0 bridgehead atoms. The zero-order valence-electron chi connectivity index (χ0n) is 12.7. The summed E-state index contributed by atoms with van der Waals surface area (Å²) >= 11 is 0. The molecule has 0 saturated carbocycles. The predicted octanol–water partition coefficient (Wildman–Crippen LogP) is 3.30. The van der Waals surface area contributed by atoms with E-state index in [1.807, 2.05) is 0 Å². The van der Waals surface area contributed by atoms with Gasteiger partial charge in [-0.2, -0.15) is 18.2 Å². The first kappa shape index (κ1) is 16.7. The van der Waals surface area contributed by atoms with Crippen molar-refractivity contribution >= 4 is 17.5 Å². The van der Waals surface area contributed by atoms with Crippen LogP contribution >= 0.6 is 0 Å². The van der Waals surface area contributed by atoms with Crippen LogP contribution in [0.2, 0.25) is 0 Å². The molecule has 0 aliphatic carbocycles. The summed E-state index contributed by atoms with van der Waals surface area (Å²) in [6.45, 7) is 0. The van der Waals surface area contributed by atoms with Gasteiger partial charge in [0.05, 0.1) is 14.2 Å². The minimum atomic E-state index is -4.53. The van der Waals surface area contributed by atoms with Gasteiger partial charge in [0, 0.05) is 37.1 Å². The number of rotatable bonds is 5. The number of aromatic nitrogens is 2. The fraction of sp³-hybridized carbons (Fsp3) is 0.286. The molecule has 2 aromatic rings. The molecule has 124 valence electrons. The number of methoxy groups -OCH3 is 2. The average molecular weight is 328 g/mol. The Kier molecular flexibility index (Phi) is 4.77. The molecule has 0 saturated heterocycles. The number of ether oxygens (including phenoxy) is 2. The maximum atomic E-state index is 12.8. The lowest BCUT2D eigenvalue weighted by molar-refractivity contribution is -0.137. The second kappa shape index (κ2) is 6.59. The zero-order valence-corrected chi connectivity index (χ0v) is 12.7. The van der Waals surface area contributed by atoms with Crippen LogP contribution in [-0.2, 0) is 6.18 Å².